The van der Waals surface area contributed by atoms with E-state index in [1.807, 2.05) is 51.1 Å². The smallest absolute Gasteiger partial charge is 0.191 e. The Labute approximate surface area is 192 Å². The SMILES string of the molecule is CCNC(=NCC1(c2ccccc2)CCOCC1)NCC(O)c1cccc(OC(C)C)c1. The lowest BCUT2D eigenvalue weighted by Gasteiger charge is -2.36. The molecule has 0 radical (unpaired) electrons. The molecule has 6 heteroatoms. The van der Waals surface area contributed by atoms with E-state index in [2.05, 4.69) is 34.9 Å². The van der Waals surface area contributed by atoms with Crippen molar-refractivity contribution >= 4 is 5.96 Å². The zero-order valence-electron chi connectivity index (χ0n) is 19.5. The van der Waals surface area contributed by atoms with Crippen LogP contribution in [-0.4, -0.2) is 50.0 Å². The molecule has 2 aromatic rings. The van der Waals surface area contributed by atoms with Crippen molar-refractivity contribution < 1.29 is 14.6 Å². The molecule has 3 rings (SSSR count). The van der Waals surface area contributed by atoms with E-state index in [1.165, 1.54) is 5.56 Å². The third-order valence-electron chi connectivity index (χ3n) is 5.80. The van der Waals surface area contributed by atoms with Gasteiger partial charge in [0.05, 0.1) is 18.8 Å². The van der Waals surface area contributed by atoms with Gasteiger partial charge in [0.15, 0.2) is 5.96 Å². The third kappa shape index (κ3) is 6.71. The highest BCUT2D eigenvalue weighted by Gasteiger charge is 2.34. The van der Waals surface area contributed by atoms with E-state index >= 15 is 0 Å². The lowest BCUT2D eigenvalue weighted by molar-refractivity contribution is 0.0531. The third-order valence-corrected chi connectivity index (χ3v) is 5.80. The van der Waals surface area contributed by atoms with Crippen molar-refractivity contribution in [1.82, 2.24) is 10.6 Å². The number of aliphatic imine (C=N–C) groups is 1. The molecule has 174 valence electrons. The van der Waals surface area contributed by atoms with Gasteiger partial charge in [-0.2, -0.15) is 0 Å². The van der Waals surface area contributed by atoms with Gasteiger partial charge in [-0.25, -0.2) is 0 Å². The Morgan fingerprint density at radius 2 is 1.84 bits per heavy atom. The highest BCUT2D eigenvalue weighted by Crippen LogP contribution is 2.35. The molecule has 3 N–H and O–H groups in total. The minimum Gasteiger partial charge on any atom is -0.491 e. The van der Waals surface area contributed by atoms with E-state index in [4.69, 9.17) is 14.5 Å². The molecule has 1 aliphatic heterocycles. The Bertz CT molecular complexity index is 848. The minimum absolute atomic E-state index is 0.0248. The van der Waals surface area contributed by atoms with Crippen molar-refractivity contribution in [3.63, 3.8) is 0 Å². The van der Waals surface area contributed by atoms with Crippen LogP contribution in [-0.2, 0) is 10.2 Å². The number of guanidine groups is 1. The molecule has 2 aromatic carbocycles. The van der Waals surface area contributed by atoms with Crippen LogP contribution >= 0.6 is 0 Å². The van der Waals surface area contributed by atoms with Crippen LogP contribution in [0.25, 0.3) is 0 Å². The monoisotopic (exact) mass is 439 g/mol. The Kier molecular flexibility index (Phi) is 8.94. The molecule has 1 aliphatic rings. The van der Waals surface area contributed by atoms with Crippen molar-refractivity contribution in [2.75, 3.05) is 32.8 Å². The lowest BCUT2D eigenvalue weighted by Crippen LogP contribution is -2.42. The second-order valence-electron chi connectivity index (χ2n) is 8.59. The zero-order chi connectivity index (χ0) is 22.8. The van der Waals surface area contributed by atoms with Gasteiger partial charge in [0.1, 0.15) is 5.75 Å². The molecule has 6 nitrogen and oxygen atoms in total. The summed E-state index contributed by atoms with van der Waals surface area (Å²) >= 11 is 0. The van der Waals surface area contributed by atoms with Crippen molar-refractivity contribution in [2.45, 2.75) is 51.2 Å². The van der Waals surface area contributed by atoms with Crippen LogP contribution in [0.4, 0.5) is 0 Å². The van der Waals surface area contributed by atoms with Crippen LogP contribution < -0.4 is 15.4 Å². The number of ether oxygens (including phenoxy) is 2. The molecule has 0 saturated carbocycles. The topological polar surface area (TPSA) is 75.1 Å². The summed E-state index contributed by atoms with van der Waals surface area (Å²) in [5, 5.41) is 17.3. The molecule has 32 heavy (non-hydrogen) atoms. The van der Waals surface area contributed by atoms with Gasteiger partial charge in [0, 0.05) is 31.7 Å². The first-order valence-electron chi connectivity index (χ1n) is 11.6. The molecule has 1 unspecified atom stereocenters. The highest BCUT2D eigenvalue weighted by molar-refractivity contribution is 5.79. The van der Waals surface area contributed by atoms with Crippen LogP contribution in [0.15, 0.2) is 59.6 Å². The largest absolute Gasteiger partial charge is 0.491 e. The summed E-state index contributed by atoms with van der Waals surface area (Å²) in [5.41, 5.74) is 2.10. The van der Waals surface area contributed by atoms with Crippen LogP contribution in [0.2, 0.25) is 0 Å². The number of rotatable bonds is 9. The van der Waals surface area contributed by atoms with Gasteiger partial charge >= 0.3 is 0 Å². The molecule has 1 heterocycles. The van der Waals surface area contributed by atoms with Crippen molar-refractivity contribution in [1.29, 1.82) is 0 Å². The summed E-state index contributed by atoms with van der Waals surface area (Å²) in [7, 11) is 0. The molecule has 0 bridgehead atoms. The lowest BCUT2D eigenvalue weighted by atomic mass is 9.74. The number of hydrogen-bond donors (Lipinski definition) is 3. The fraction of sp³-hybridized carbons (Fsp3) is 0.500. The van der Waals surface area contributed by atoms with Gasteiger partial charge in [-0.15, -0.1) is 0 Å². The summed E-state index contributed by atoms with van der Waals surface area (Å²) in [5.74, 6) is 1.48. The number of nitrogens with zero attached hydrogens (tertiary/aromatic N) is 1. The molecule has 1 saturated heterocycles. The first-order chi connectivity index (χ1) is 15.5. The first kappa shape index (κ1) is 24.1. The fourth-order valence-electron chi connectivity index (χ4n) is 4.04. The summed E-state index contributed by atoms with van der Waals surface area (Å²) in [6.45, 7) is 9.31. The number of nitrogens with one attached hydrogen (secondary N) is 2. The second-order valence-corrected chi connectivity index (χ2v) is 8.59. The molecule has 0 aromatic heterocycles. The maximum absolute atomic E-state index is 10.7. The average Bonchev–Trinajstić information content (AvgIpc) is 2.81. The average molecular weight is 440 g/mol. The van der Waals surface area contributed by atoms with E-state index in [0.717, 1.165) is 43.9 Å². The summed E-state index contributed by atoms with van der Waals surface area (Å²) in [6.07, 6.45) is 1.33. The molecule has 0 spiro atoms. The van der Waals surface area contributed by atoms with Crippen molar-refractivity contribution in [3.8, 4) is 5.75 Å². The molecular weight excluding hydrogens is 402 g/mol. The van der Waals surface area contributed by atoms with E-state index in [1.54, 1.807) is 0 Å². The number of hydrogen-bond acceptors (Lipinski definition) is 4. The minimum atomic E-state index is -0.666. The van der Waals surface area contributed by atoms with Gasteiger partial charge in [-0.1, -0.05) is 42.5 Å². The van der Waals surface area contributed by atoms with E-state index < -0.39 is 6.10 Å². The summed E-state index contributed by atoms with van der Waals surface area (Å²) in [6, 6.07) is 18.2. The van der Waals surface area contributed by atoms with Crippen LogP contribution in [0, 0.1) is 0 Å². The number of aliphatic hydroxyl groups excluding tert-OH is 1. The number of aliphatic hydroxyl groups is 1. The Morgan fingerprint density at radius 3 is 2.53 bits per heavy atom. The quantitative estimate of drug-likeness (QED) is 0.409. The van der Waals surface area contributed by atoms with E-state index in [0.29, 0.717) is 19.0 Å². The zero-order valence-corrected chi connectivity index (χ0v) is 19.5. The standard InChI is InChI=1S/C26H37N3O3/c1-4-27-25(28-18-24(30)21-9-8-12-23(17-21)32-20(2)3)29-19-26(13-15-31-16-14-26)22-10-6-5-7-11-22/h5-12,17,20,24,30H,4,13-16,18-19H2,1-3H3,(H2,27,28,29). The van der Waals surface area contributed by atoms with Gasteiger partial charge in [0.2, 0.25) is 0 Å². The molecule has 0 aliphatic carbocycles. The van der Waals surface area contributed by atoms with Crippen LogP contribution in [0.3, 0.4) is 0 Å². The fourth-order valence-corrected chi connectivity index (χ4v) is 4.04. The highest BCUT2D eigenvalue weighted by atomic mass is 16.5. The predicted octanol–water partition coefficient (Wildman–Crippen LogP) is 3.81. The van der Waals surface area contributed by atoms with Gasteiger partial charge in [-0.05, 0) is 56.9 Å². The first-order valence-corrected chi connectivity index (χ1v) is 11.6. The van der Waals surface area contributed by atoms with E-state index in [9.17, 15) is 5.11 Å². The van der Waals surface area contributed by atoms with Crippen molar-refractivity contribution in [2.24, 2.45) is 4.99 Å². The second kappa shape index (κ2) is 11.9. The Hall–Kier alpha value is -2.57. The van der Waals surface area contributed by atoms with Crippen LogP contribution in [0.5, 0.6) is 5.75 Å². The summed E-state index contributed by atoms with van der Waals surface area (Å²) < 4.78 is 11.4. The van der Waals surface area contributed by atoms with Crippen molar-refractivity contribution in [3.05, 3.63) is 65.7 Å². The Morgan fingerprint density at radius 1 is 1.09 bits per heavy atom. The predicted molar refractivity (Wildman–Crippen MR) is 129 cm³/mol. The normalized spacial score (nSPS) is 17.1. The van der Waals surface area contributed by atoms with Gasteiger partial charge in [-0.3, -0.25) is 4.99 Å². The molecule has 1 atom stereocenters. The Balaban J connectivity index is 1.68. The summed E-state index contributed by atoms with van der Waals surface area (Å²) in [4.78, 5) is 4.91. The molecular formula is C26H37N3O3. The van der Waals surface area contributed by atoms with Gasteiger partial charge < -0.3 is 25.2 Å². The maximum Gasteiger partial charge on any atom is 0.191 e. The maximum atomic E-state index is 10.7. The number of benzene rings is 2. The van der Waals surface area contributed by atoms with Gasteiger partial charge in [0.25, 0.3) is 0 Å². The molecule has 0 amide bonds. The van der Waals surface area contributed by atoms with Crippen LogP contribution in [0.1, 0.15) is 50.8 Å². The van der Waals surface area contributed by atoms with E-state index in [-0.39, 0.29) is 11.5 Å². The molecule has 1 fully saturated rings.